The monoisotopic (exact) mass is 376 g/mol. The minimum Gasteiger partial charge on any atom is -0.379 e. The molecule has 0 aliphatic carbocycles. The van der Waals surface area contributed by atoms with Crippen LogP contribution in [0.2, 0.25) is 0 Å². The molecule has 3 unspecified atom stereocenters. The molecule has 152 valence electrons. The van der Waals surface area contributed by atoms with E-state index in [2.05, 4.69) is 47.2 Å². The van der Waals surface area contributed by atoms with Crippen molar-refractivity contribution >= 4 is 5.96 Å². The molecule has 1 aromatic rings. The van der Waals surface area contributed by atoms with E-state index < -0.39 is 0 Å². The average Bonchev–Trinajstić information content (AvgIpc) is 3.28. The Bertz CT molecular complexity index is 615. The summed E-state index contributed by atoms with van der Waals surface area (Å²) in [5.41, 5.74) is 1.33. The Morgan fingerprint density at radius 2 is 2.30 bits per heavy atom. The van der Waals surface area contributed by atoms with Crippen molar-refractivity contribution in [1.82, 2.24) is 24.9 Å². The van der Waals surface area contributed by atoms with Crippen LogP contribution in [0.3, 0.4) is 0 Å². The van der Waals surface area contributed by atoms with Crippen molar-refractivity contribution < 1.29 is 4.74 Å². The van der Waals surface area contributed by atoms with Crippen molar-refractivity contribution in [1.29, 1.82) is 0 Å². The first kappa shape index (κ1) is 20.1. The van der Waals surface area contributed by atoms with Gasteiger partial charge in [-0.25, -0.2) is 0 Å². The molecule has 0 radical (unpaired) electrons. The maximum atomic E-state index is 5.57. The molecular formula is C20H36N6O. The maximum absolute atomic E-state index is 5.57. The molecule has 0 spiro atoms. The van der Waals surface area contributed by atoms with Gasteiger partial charge in [0.1, 0.15) is 0 Å². The van der Waals surface area contributed by atoms with Gasteiger partial charge >= 0.3 is 0 Å². The second-order valence-electron chi connectivity index (χ2n) is 8.03. The number of ether oxygens (including phenoxy) is 1. The summed E-state index contributed by atoms with van der Waals surface area (Å²) in [5.74, 6) is 1.74. The van der Waals surface area contributed by atoms with E-state index in [-0.39, 0.29) is 0 Å². The lowest BCUT2D eigenvalue weighted by Gasteiger charge is -2.37. The number of aliphatic imine (C=N–C) groups is 1. The zero-order valence-corrected chi connectivity index (χ0v) is 17.4. The van der Waals surface area contributed by atoms with E-state index in [0.29, 0.717) is 18.0 Å². The summed E-state index contributed by atoms with van der Waals surface area (Å²) in [6, 6.07) is 0.911. The molecule has 3 heterocycles. The molecule has 3 rings (SSSR count). The SMILES string of the molecule is CCNC(=NCC(C)N1CCOCC1C)N1CCC(Cc2cnn(C)c2)C1. The zero-order valence-electron chi connectivity index (χ0n) is 17.4. The van der Waals surface area contributed by atoms with Crippen LogP contribution in [0.1, 0.15) is 32.8 Å². The third kappa shape index (κ3) is 5.45. The summed E-state index contributed by atoms with van der Waals surface area (Å²) in [6.07, 6.45) is 6.45. The number of likely N-dealkylation sites (tertiary alicyclic amines) is 1. The molecule has 27 heavy (non-hydrogen) atoms. The minimum atomic E-state index is 0.436. The Labute approximate surface area is 163 Å². The van der Waals surface area contributed by atoms with Crippen molar-refractivity contribution in [3.8, 4) is 0 Å². The maximum Gasteiger partial charge on any atom is 0.193 e. The van der Waals surface area contributed by atoms with Gasteiger partial charge in [0.15, 0.2) is 5.96 Å². The minimum absolute atomic E-state index is 0.436. The fourth-order valence-corrected chi connectivity index (χ4v) is 4.25. The van der Waals surface area contributed by atoms with Gasteiger partial charge in [-0.3, -0.25) is 14.6 Å². The number of aryl methyl sites for hydroxylation is 1. The number of nitrogens with zero attached hydrogens (tertiary/aromatic N) is 5. The van der Waals surface area contributed by atoms with Gasteiger partial charge in [-0.2, -0.15) is 5.10 Å². The molecule has 7 heteroatoms. The smallest absolute Gasteiger partial charge is 0.193 e. The number of guanidine groups is 1. The van der Waals surface area contributed by atoms with Crippen LogP contribution < -0.4 is 5.32 Å². The van der Waals surface area contributed by atoms with Gasteiger partial charge in [0.25, 0.3) is 0 Å². The molecule has 2 aliphatic heterocycles. The summed E-state index contributed by atoms with van der Waals surface area (Å²) in [4.78, 5) is 9.93. The molecule has 2 saturated heterocycles. The molecule has 2 fully saturated rings. The van der Waals surface area contributed by atoms with E-state index in [1.807, 2.05) is 17.9 Å². The van der Waals surface area contributed by atoms with Crippen LogP contribution in [0.4, 0.5) is 0 Å². The molecular weight excluding hydrogens is 340 g/mol. The van der Waals surface area contributed by atoms with E-state index in [1.54, 1.807) is 0 Å². The van der Waals surface area contributed by atoms with Gasteiger partial charge in [0, 0.05) is 51.5 Å². The van der Waals surface area contributed by atoms with E-state index in [9.17, 15) is 0 Å². The van der Waals surface area contributed by atoms with E-state index in [0.717, 1.165) is 58.3 Å². The van der Waals surface area contributed by atoms with Gasteiger partial charge in [-0.1, -0.05) is 0 Å². The molecule has 1 aromatic heterocycles. The number of rotatable bonds is 6. The van der Waals surface area contributed by atoms with Crippen LogP contribution in [0, 0.1) is 5.92 Å². The first-order valence-electron chi connectivity index (χ1n) is 10.4. The van der Waals surface area contributed by atoms with Crippen molar-refractivity contribution in [2.24, 2.45) is 18.0 Å². The van der Waals surface area contributed by atoms with Crippen LogP contribution in [0.5, 0.6) is 0 Å². The summed E-state index contributed by atoms with van der Waals surface area (Å²) >= 11 is 0. The molecule has 0 amide bonds. The second-order valence-corrected chi connectivity index (χ2v) is 8.03. The lowest BCUT2D eigenvalue weighted by molar-refractivity contribution is -0.0166. The molecule has 3 atom stereocenters. The van der Waals surface area contributed by atoms with Gasteiger partial charge < -0.3 is 15.0 Å². The third-order valence-electron chi connectivity index (χ3n) is 5.69. The summed E-state index contributed by atoms with van der Waals surface area (Å²) in [6.45, 7) is 13.2. The Balaban J connectivity index is 1.55. The van der Waals surface area contributed by atoms with E-state index in [4.69, 9.17) is 9.73 Å². The fourth-order valence-electron chi connectivity index (χ4n) is 4.25. The van der Waals surface area contributed by atoms with Crippen LogP contribution >= 0.6 is 0 Å². The third-order valence-corrected chi connectivity index (χ3v) is 5.69. The Morgan fingerprint density at radius 1 is 1.44 bits per heavy atom. The first-order valence-corrected chi connectivity index (χ1v) is 10.4. The van der Waals surface area contributed by atoms with Crippen LogP contribution in [-0.4, -0.2) is 83.6 Å². The molecule has 2 aliphatic rings. The quantitative estimate of drug-likeness (QED) is 0.600. The Hall–Kier alpha value is -1.60. The number of hydrogen-bond donors (Lipinski definition) is 1. The fraction of sp³-hybridized carbons (Fsp3) is 0.800. The predicted molar refractivity (Wildman–Crippen MR) is 109 cm³/mol. The topological polar surface area (TPSA) is 57.9 Å². The van der Waals surface area contributed by atoms with E-state index >= 15 is 0 Å². The molecule has 1 N–H and O–H groups in total. The second kappa shape index (κ2) is 9.55. The van der Waals surface area contributed by atoms with Crippen molar-refractivity contribution in [2.75, 3.05) is 45.9 Å². The Kier molecular flexibility index (Phi) is 7.13. The molecule has 0 aromatic carbocycles. The number of nitrogens with one attached hydrogen (secondary N) is 1. The highest BCUT2D eigenvalue weighted by Gasteiger charge is 2.27. The molecule has 7 nitrogen and oxygen atoms in total. The van der Waals surface area contributed by atoms with Crippen LogP contribution in [0.15, 0.2) is 17.4 Å². The van der Waals surface area contributed by atoms with Crippen molar-refractivity contribution in [3.05, 3.63) is 18.0 Å². The highest BCUT2D eigenvalue weighted by molar-refractivity contribution is 5.80. The summed E-state index contributed by atoms with van der Waals surface area (Å²) < 4.78 is 7.46. The predicted octanol–water partition coefficient (Wildman–Crippen LogP) is 1.36. The van der Waals surface area contributed by atoms with Crippen molar-refractivity contribution in [2.45, 2.75) is 45.7 Å². The van der Waals surface area contributed by atoms with Gasteiger partial charge in [0.05, 0.1) is 26.0 Å². The van der Waals surface area contributed by atoms with Crippen LogP contribution in [-0.2, 0) is 18.2 Å². The van der Waals surface area contributed by atoms with Gasteiger partial charge in [-0.05, 0) is 45.1 Å². The first-order chi connectivity index (χ1) is 13.1. The number of morpholine rings is 1. The largest absolute Gasteiger partial charge is 0.379 e. The Morgan fingerprint density at radius 3 is 3.00 bits per heavy atom. The lowest BCUT2D eigenvalue weighted by atomic mass is 10.0. The van der Waals surface area contributed by atoms with Gasteiger partial charge in [-0.15, -0.1) is 0 Å². The standard InChI is InChI=1S/C20H36N6O/c1-5-21-20(22-11-16(2)26-8-9-27-15-17(26)3)25-7-6-18(14-25)10-19-12-23-24(4)13-19/h12-13,16-18H,5-11,14-15H2,1-4H3,(H,21,22). The lowest BCUT2D eigenvalue weighted by Crippen LogP contribution is -2.49. The highest BCUT2D eigenvalue weighted by Crippen LogP contribution is 2.21. The number of hydrogen-bond acceptors (Lipinski definition) is 4. The molecule has 0 bridgehead atoms. The summed E-state index contributed by atoms with van der Waals surface area (Å²) in [7, 11) is 1.98. The average molecular weight is 377 g/mol. The van der Waals surface area contributed by atoms with Crippen LogP contribution in [0.25, 0.3) is 0 Å². The molecule has 0 saturated carbocycles. The van der Waals surface area contributed by atoms with Gasteiger partial charge in [0.2, 0.25) is 0 Å². The highest BCUT2D eigenvalue weighted by atomic mass is 16.5. The summed E-state index contributed by atoms with van der Waals surface area (Å²) in [5, 5.41) is 7.79. The zero-order chi connectivity index (χ0) is 19.2. The van der Waals surface area contributed by atoms with E-state index in [1.165, 1.54) is 12.0 Å². The van der Waals surface area contributed by atoms with Crippen molar-refractivity contribution in [3.63, 3.8) is 0 Å². The number of aromatic nitrogens is 2. The normalized spacial score (nSPS) is 25.8.